The van der Waals surface area contributed by atoms with Gasteiger partial charge in [0.25, 0.3) is 5.69 Å². The van der Waals surface area contributed by atoms with Gasteiger partial charge in [-0.3, -0.25) is 15.1 Å². The van der Waals surface area contributed by atoms with Crippen molar-refractivity contribution in [2.24, 2.45) is 5.41 Å². The molecule has 1 heterocycles. The maximum atomic E-state index is 11.0. The first kappa shape index (κ1) is 15.6. The molecular weight excluding hydrogens is 242 g/mol. The SMILES string of the molecule is CCCNC(Cc1ncccc1[N+](=O)[O-])C(C)(C)C. The highest BCUT2D eigenvalue weighted by molar-refractivity contribution is 5.35. The number of aromatic nitrogens is 1. The van der Waals surface area contributed by atoms with Crippen LogP contribution in [0.4, 0.5) is 5.69 Å². The molecule has 5 heteroatoms. The van der Waals surface area contributed by atoms with Crippen molar-refractivity contribution in [2.75, 3.05) is 6.54 Å². The average molecular weight is 265 g/mol. The van der Waals surface area contributed by atoms with Gasteiger partial charge in [-0.05, 0) is 24.4 Å². The predicted octanol–water partition coefficient (Wildman–Crippen LogP) is 2.95. The number of hydrogen-bond acceptors (Lipinski definition) is 4. The molecule has 1 atom stereocenters. The maximum Gasteiger partial charge on any atom is 0.290 e. The largest absolute Gasteiger partial charge is 0.313 e. The molecule has 1 rings (SSSR count). The van der Waals surface area contributed by atoms with Crippen LogP contribution >= 0.6 is 0 Å². The minimum Gasteiger partial charge on any atom is -0.313 e. The van der Waals surface area contributed by atoms with Crippen LogP contribution in [0.3, 0.4) is 0 Å². The molecule has 1 unspecified atom stereocenters. The molecule has 0 radical (unpaired) electrons. The smallest absolute Gasteiger partial charge is 0.290 e. The van der Waals surface area contributed by atoms with E-state index in [0.29, 0.717) is 12.1 Å². The highest BCUT2D eigenvalue weighted by atomic mass is 16.6. The highest BCUT2D eigenvalue weighted by Crippen LogP contribution is 2.25. The normalized spacial score (nSPS) is 13.3. The second kappa shape index (κ2) is 6.61. The molecule has 0 saturated carbocycles. The van der Waals surface area contributed by atoms with E-state index in [1.54, 1.807) is 12.3 Å². The molecule has 0 bridgehead atoms. The van der Waals surface area contributed by atoms with Crippen molar-refractivity contribution < 1.29 is 4.92 Å². The number of rotatable bonds is 6. The average Bonchev–Trinajstić information content (AvgIpc) is 2.33. The number of nitrogens with zero attached hydrogens (tertiary/aromatic N) is 2. The number of pyridine rings is 1. The van der Waals surface area contributed by atoms with Gasteiger partial charge in [0.2, 0.25) is 0 Å². The second-order valence-electron chi connectivity index (χ2n) is 5.80. The van der Waals surface area contributed by atoms with E-state index in [-0.39, 0.29) is 22.1 Å². The van der Waals surface area contributed by atoms with Gasteiger partial charge < -0.3 is 5.32 Å². The Morgan fingerprint density at radius 1 is 1.47 bits per heavy atom. The number of nitro groups is 1. The first-order valence-corrected chi connectivity index (χ1v) is 6.68. The summed E-state index contributed by atoms with van der Waals surface area (Å²) < 4.78 is 0. The van der Waals surface area contributed by atoms with E-state index in [9.17, 15) is 10.1 Å². The molecule has 19 heavy (non-hydrogen) atoms. The third-order valence-corrected chi connectivity index (χ3v) is 3.15. The lowest BCUT2D eigenvalue weighted by Crippen LogP contribution is -2.42. The molecule has 1 N–H and O–H groups in total. The molecule has 0 fully saturated rings. The lowest BCUT2D eigenvalue weighted by Gasteiger charge is -2.31. The molecule has 1 aromatic rings. The molecule has 0 spiro atoms. The fourth-order valence-corrected chi connectivity index (χ4v) is 1.95. The van der Waals surface area contributed by atoms with Gasteiger partial charge in [0.1, 0.15) is 5.69 Å². The molecule has 0 aliphatic heterocycles. The summed E-state index contributed by atoms with van der Waals surface area (Å²) in [7, 11) is 0. The Morgan fingerprint density at radius 3 is 2.68 bits per heavy atom. The topological polar surface area (TPSA) is 68.1 Å². The van der Waals surface area contributed by atoms with E-state index in [1.807, 2.05) is 0 Å². The summed E-state index contributed by atoms with van der Waals surface area (Å²) in [5.41, 5.74) is 0.687. The van der Waals surface area contributed by atoms with E-state index in [4.69, 9.17) is 0 Å². The van der Waals surface area contributed by atoms with Crippen molar-refractivity contribution in [3.63, 3.8) is 0 Å². The predicted molar refractivity (Wildman–Crippen MR) is 76.1 cm³/mol. The molecule has 0 aliphatic carbocycles. The van der Waals surface area contributed by atoms with E-state index in [2.05, 4.69) is 38.0 Å². The lowest BCUT2D eigenvalue weighted by atomic mass is 9.83. The van der Waals surface area contributed by atoms with Crippen LogP contribution in [0.5, 0.6) is 0 Å². The minimum absolute atomic E-state index is 0.0283. The number of hydrogen-bond donors (Lipinski definition) is 1. The van der Waals surface area contributed by atoms with Crippen LogP contribution < -0.4 is 5.32 Å². The maximum absolute atomic E-state index is 11.0. The van der Waals surface area contributed by atoms with E-state index in [1.165, 1.54) is 6.07 Å². The van der Waals surface area contributed by atoms with Crippen molar-refractivity contribution in [3.8, 4) is 0 Å². The molecule has 0 aliphatic rings. The number of nitrogens with one attached hydrogen (secondary N) is 1. The standard InChI is InChI=1S/C14H23N3O2/c1-5-8-16-13(14(2,3)4)10-11-12(17(18)19)7-6-9-15-11/h6-7,9,13,16H,5,8,10H2,1-4H3. The summed E-state index contributed by atoms with van der Waals surface area (Å²) >= 11 is 0. The third kappa shape index (κ3) is 4.59. The Labute approximate surface area is 114 Å². The molecule has 106 valence electrons. The molecule has 5 nitrogen and oxygen atoms in total. The van der Waals surface area contributed by atoms with Crippen molar-refractivity contribution >= 4 is 5.69 Å². The van der Waals surface area contributed by atoms with Gasteiger partial charge in [-0.1, -0.05) is 27.7 Å². The summed E-state index contributed by atoms with van der Waals surface area (Å²) in [5.74, 6) is 0. The fourth-order valence-electron chi connectivity index (χ4n) is 1.95. The van der Waals surface area contributed by atoms with Crippen LogP contribution in [0, 0.1) is 15.5 Å². The van der Waals surface area contributed by atoms with Crippen LogP contribution in [0.25, 0.3) is 0 Å². The zero-order valence-corrected chi connectivity index (χ0v) is 12.1. The van der Waals surface area contributed by atoms with Gasteiger partial charge in [0.15, 0.2) is 0 Å². The summed E-state index contributed by atoms with van der Waals surface area (Å²) in [6.45, 7) is 9.41. The zero-order chi connectivity index (χ0) is 14.5. The van der Waals surface area contributed by atoms with Crippen LogP contribution in [0.1, 0.15) is 39.8 Å². The highest BCUT2D eigenvalue weighted by Gasteiger charge is 2.27. The molecule has 0 saturated heterocycles. The molecule has 1 aromatic heterocycles. The minimum atomic E-state index is -0.359. The summed E-state index contributed by atoms with van der Waals surface area (Å²) in [6, 6.07) is 3.29. The van der Waals surface area contributed by atoms with E-state index in [0.717, 1.165) is 13.0 Å². The Morgan fingerprint density at radius 2 is 2.16 bits per heavy atom. The first-order chi connectivity index (χ1) is 8.86. The van der Waals surface area contributed by atoms with Crippen molar-refractivity contribution in [1.29, 1.82) is 0 Å². The van der Waals surface area contributed by atoms with Gasteiger partial charge in [-0.25, -0.2) is 0 Å². The quantitative estimate of drug-likeness (QED) is 0.634. The van der Waals surface area contributed by atoms with E-state index < -0.39 is 0 Å². The molecule has 0 amide bonds. The van der Waals surface area contributed by atoms with Crippen LogP contribution in [0.15, 0.2) is 18.3 Å². The van der Waals surface area contributed by atoms with Gasteiger partial charge in [-0.2, -0.15) is 0 Å². The van der Waals surface area contributed by atoms with Crippen molar-refractivity contribution in [3.05, 3.63) is 34.1 Å². The summed E-state index contributed by atoms with van der Waals surface area (Å²) in [6.07, 6.45) is 3.22. The lowest BCUT2D eigenvalue weighted by molar-refractivity contribution is -0.386. The third-order valence-electron chi connectivity index (χ3n) is 3.15. The van der Waals surface area contributed by atoms with Crippen molar-refractivity contribution in [2.45, 2.75) is 46.6 Å². The van der Waals surface area contributed by atoms with Gasteiger partial charge in [0.05, 0.1) is 4.92 Å². The summed E-state index contributed by atoms with van der Waals surface area (Å²) in [5, 5.41) is 14.5. The Bertz CT molecular complexity index is 427. The molecular formula is C14H23N3O2. The van der Waals surface area contributed by atoms with Crippen LogP contribution in [-0.4, -0.2) is 22.5 Å². The van der Waals surface area contributed by atoms with Gasteiger partial charge >= 0.3 is 0 Å². The van der Waals surface area contributed by atoms with E-state index >= 15 is 0 Å². The zero-order valence-electron chi connectivity index (χ0n) is 12.1. The first-order valence-electron chi connectivity index (χ1n) is 6.68. The fraction of sp³-hybridized carbons (Fsp3) is 0.643. The summed E-state index contributed by atoms with van der Waals surface area (Å²) in [4.78, 5) is 14.8. The van der Waals surface area contributed by atoms with Crippen LogP contribution in [0.2, 0.25) is 0 Å². The molecule has 0 aromatic carbocycles. The Kier molecular flexibility index (Phi) is 5.42. The van der Waals surface area contributed by atoms with Gasteiger partial charge in [-0.15, -0.1) is 0 Å². The van der Waals surface area contributed by atoms with Gasteiger partial charge in [0, 0.05) is 24.7 Å². The Hall–Kier alpha value is -1.49. The van der Waals surface area contributed by atoms with Crippen LogP contribution in [-0.2, 0) is 6.42 Å². The second-order valence-corrected chi connectivity index (χ2v) is 5.80. The Balaban J connectivity index is 2.93. The van der Waals surface area contributed by atoms with Crippen molar-refractivity contribution in [1.82, 2.24) is 10.3 Å². The monoisotopic (exact) mass is 265 g/mol.